The Bertz CT molecular complexity index is 781. The largest absolute Gasteiger partial charge is 0.497 e. The Hall–Kier alpha value is -1.89. The van der Waals surface area contributed by atoms with Gasteiger partial charge < -0.3 is 9.84 Å². The molecule has 0 saturated carbocycles. The summed E-state index contributed by atoms with van der Waals surface area (Å²) in [5.74, 6) is 0.736. The van der Waals surface area contributed by atoms with Gasteiger partial charge in [-0.2, -0.15) is 0 Å². The molecule has 0 fully saturated rings. The van der Waals surface area contributed by atoms with Crippen LogP contribution in [0.25, 0.3) is 0 Å². The minimum Gasteiger partial charge on any atom is -0.497 e. The van der Waals surface area contributed by atoms with Crippen LogP contribution in [-0.2, 0) is 22.9 Å². The zero-order chi connectivity index (χ0) is 18.5. The fourth-order valence-electron chi connectivity index (χ4n) is 2.48. The normalized spacial score (nSPS) is 14.1. The zero-order valence-electron chi connectivity index (χ0n) is 14.8. The fraction of sp³-hybridized carbons (Fsp3) is 0.368. The van der Waals surface area contributed by atoms with Gasteiger partial charge >= 0.3 is 0 Å². The van der Waals surface area contributed by atoms with Crippen LogP contribution in [0.1, 0.15) is 25.0 Å². The number of hydrogen-bond acceptors (Lipinski definition) is 4. The molecule has 0 bridgehead atoms. The van der Waals surface area contributed by atoms with Crippen LogP contribution in [0.3, 0.4) is 0 Å². The van der Waals surface area contributed by atoms with Crippen molar-refractivity contribution in [3.8, 4) is 5.75 Å². The highest BCUT2D eigenvalue weighted by Gasteiger charge is 2.24. The molecule has 25 heavy (non-hydrogen) atoms. The first-order chi connectivity index (χ1) is 11.8. The Labute approximate surface area is 149 Å². The second kappa shape index (κ2) is 7.99. The van der Waals surface area contributed by atoms with Crippen molar-refractivity contribution in [2.75, 3.05) is 13.7 Å². The van der Waals surface area contributed by atoms with Gasteiger partial charge in [0.2, 0.25) is 10.0 Å². The van der Waals surface area contributed by atoms with Crippen molar-refractivity contribution in [2.24, 2.45) is 0 Å². The molecule has 6 heteroatoms. The van der Waals surface area contributed by atoms with E-state index in [0.29, 0.717) is 6.42 Å². The van der Waals surface area contributed by atoms with Gasteiger partial charge in [-0.3, -0.25) is 0 Å². The van der Waals surface area contributed by atoms with E-state index < -0.39 is 15.6 Å². The highest BCUT2D eigenvalue weighted by atomic mass is 32.2. The van der Waals surface area contributed by atoms with Gasteiger partial charge in [0.25, 0.3) is 0 Å². The maximum absolute atomic E-state index is 12.4. The third kappa shape index (κ3) is 5.56. The topological polar surface area (TPSA) is 75.6 Å². The van der Waals surface area contributed by atoms with Crippen LogP contribution >= 0.6 is 0 Å². The third-order valence-electron chi connectivity index (χ3n) is 4.03. The lowest BCUT2D eigenvalue weighted by atomic mass is 9.97. The van der Waals surface area contributed by atoms with E-state index in [1.165, 1.54) is 0 Å². The number of aliphatic hydroxyl groups is 1. The van der Waals surface area contributed by atoms with Crippen molar-refractivity contribution >= 4 is 10.0 Å². The van der Waals surface area contributed by atoms with Gasteiger partial charge in [0.15, 0.2) is 0 Å². The second-order valence-electron chi connectivity index (χ2n) is 6.34. The van der Waals surface area contributed by atoms with E-state index >= 15 is 0 Å². The standard InChI is InChI=1S/C19H25NO4S/c1-4-15-7-11-18(12-8-15)25(22,23)20-14-19(2,21)13-16-5-9-17(24-3)10-6-16/h5-12,20-21H,4,13-14H2,1-3H3. The van der Waals surface area contributed by atoms with Crippen LogP contribution in [0.15, 0.2) is 53.4 Å². The van der Waals surface area contributed by atoms with Gasteiger partial charge in [-0.15, -0.1) is 0 Å². The monoisotopic (exact) mass is 363 g/mol. The quantitative estimate of drug-likeness (QED) is 0.756. The van der Waals surface area contributed by atoms with Gasteiger partial charge in [0.05, 0.1) is 17.6 Å². The molecule has 0 aliphatic heterocycles. The highest BCUT2D eigenvalue weighted by molar-refractivity contribution is 7.89. The van der Waals surface area contributed by atoms with Crippen LogP contribution in [0.2, 0.25) is 0 Å². The average Bonchev–Trinajstić information content (AvgIpc) is 2.61. The number of benzene rings is 2. The molecule has 2 rings (SSSR count). The molecule has 136 valence electrons. The van der Waals surface area contributed by atoms with Crippen molar-refractivity contribution in [3.63, 3.8) is 0 Å². The molecule has 0 saturated heterocycles. The molecular formula is C19H25NO4S. The second-order valence-corrected chi connectivity index (χ2v) is 8.11. The summed E-state index contributed by atoms with van der Waals surface area (Å²) < 4.78 is 32.3. The summed E-state index contributed by atoms with van der Waals surface area (Å²) in [5.41, 5.74) is 0.771. The predicted octanol–water partition coefficient (Wildman–Crippen LogP) is 2.53. The first-order valence-corrected chi connectivity index (χ1v) is 9.68. The van der Waals surface area contributed by atoms with E-state index in [4.69, 9.17) is 4.74 Å². The van der Waals surface area contributed by atoms with E-state index in [9.17, 15) is 13.5 Å². The molecule has 2 aromatic rings. The van der Waals surface area contributed by atoms with Crippen molar-refractivity contribution in [1.82, 2.24) is 4.72 Å². The van der Waals surface area contributed by atoms with Gasteiger partial charge in [-0.25, -0.2) is 13.1 Å². The highest BCUT2D eigenvalue weighted by Crippen LogP contribution is 2.18. The number of rotatable bonds is 8. The van der Waals surface area contributed by atoms with Gasteiger partial charge in [-0.1, -0.05) is 31.2 Å². The van der Waals surface area contributed by atoms with E-state index in [1.807, 2.05) is 31.2 Å². The summed E-state index contributed by atoms with van der Waals surface area (Å²) in [6.45, 7) is 3.55. The molecule has 0 aromatic heterocycles. The molecule has 0 radical (unpaired) electrons. The lowest BCUT2D eigenvalue weighted by molar-refractivity contribution is 0.0657. The summed E-state index contributed by atoms with van der Waals surface area (Å²) in [4.78, 5) is 0.199. The van der Waals surface area contributed by atoms with Crippen molar-refractivity contribution in [1.29, 1.82) is 0 Å². The molecule has 2 aromatic carbocycles. The number of aryl methyl sites for hydroxylation is 1. The summed E-state index contributed by atoms with van der Waals surface area (Å²) in [6.07, 6.45) is 1.18. The predicted molar refractivity (Wildman–Crippen MR) is 98.3 cm³/mol. The molecule has 2 N–H and O–H groups in total. The number of hydrogen-bond donors (Lipinski definition) is 2. The molecule has 0 heterocycles. The van der Waals surface area contributed by atoms with Crippen LogP contribution in [-0.4, -0.2) is 32.8 Å². The summed E-state index contributed by atoms with van der Waals surface area (Å²) >= 11 is 0. The number of ether oxygens (including phenoxy) is 1. The van der Waals surface area contributed by atoms with Crippen molar-refractivity contribution in [3.05, 3.63) is 59.7 Å². The van der Waals surface area contributed by atoms with E-state index in [2.05, 4.69) is 4.72 Å². The third-order valence-corrected chi connectivity index (χ3v) is 5.45. The minimum absolute atomic E-state index is 0.0725. The maximum atomic E-state index is 12.4. The lowest BCUT2D eigenvalue weighted by Gasteiger charge is -2.24. The molecule has 0 amide bonds. The average molecular weight is 363 g/mol. The van der Waals surface area contributed by atoms with Gasteiger partial charge in [-0.05, 0) is 48.7 Å². The molecular weight excluding hydrogens is 338 g/mol. The zero-order valence-corrected chi connectivity index (χ0v) is 15.6. The van der Waals surface area contributed by atoms with Crippen LogP contribution < -0.4 is 9.46 Å². The van der Waals surface area contributed by atoms with Gasteiger partial charge in [0, 0.05) is 13.0 Å². The van der Waals surface area contributed by atoms with Crippen LogP contribution in [0.5, 0.6) is 5.75 Å². The van der Waals surface area contributed by atoms with E-state index in [-0.39, 0.29) is 11.4 Å². The fourth-order valence-corrected chi connectivity index (χ4v) is 3.65. The Morgan fingerprint density at radius 3 is 2.12 bits per heavy atom. The molecule has 0 spiro atoms. The Morgan fingerprint density at radius 1 is 1.04 bits per heavy atom. The first-order valence-electron chi connectivity index (χ1n) is 8.20. The van der Waals surface area contributed by atoms with Crippen LogP contribution in [0, 0.1) is 0 Å². The maximum Gasteiger partial charge on any atom is 0.240 e. The van der Waals surface area contributed by atoms with Crippen LogP contribution in [0.4, 0.5) is 0 Å². The van der Waals surface area contributed by atoms with Crippen molar-refractivity contribution < 1.29 is 18.3 Å². The summed E-state index contributed by atoms with van der Waals surface area (Å²) in [6, 6.07) is 14.1. The summed E-state index contributed by atoms with van der Waals surface area (Å²) in [5, 5.41) is 10.5. The number of nitrogens with one attached hydrogen (secondary N) is 1. The molecule has 0 aliphatic rings. The minimum atomic E-state index is -3.65. The Morgan fingerprint density at radius 2 is 1.60 bits per heavy atom. The number of methoxy groups -OCH3 is 1. The van der Waals surface area contributed by atoms with Gasteiger partial charge in [0.1, 0.15) is 5.75 Å². The van der Waals surface area contributed by atoms with E-state index in [0.717, 1.165) is 23.3 Å². The lowest BCUT2D eigenvalue weighted by Crippen LogP contribution is -2.42. The SMILES string of the molecule is CCc1ccc(S(=O)(=O)NCC(C)(O)Cc2ccc(OC)cc2)cc1. The molecule has 0 aliphatic carbocycles. The molecule has 1 atom stereocenters. The molecule has 1 unspecified atom stereocenters. The molecule has 5 nitrogen and oxygen atoms in total. The number of sulfonamides is 1. The first kappa shape index (κ1) is 19.4. The Balaban J connectivity index is 2.01. The van der Waals surface area contributed by atoms with Crippen molar-refractivity contribution in [2.45, 2.75) is 37.2 Å². The summed E-state index contributed by atoms with van der Waals surface area (Å²) in [7, 11) is -2.06. The van der Waals surface area contributed by atoms with E-state index in [1.54, 1.807) is 38.3 Å². The Kier molecular flexibility index (Phi) is 6.21. The smallest absolute Gasteiger partial charge is 0.240 e.